The van der Waals surface area contributed by atoms with Crippen molar-refractivity contribution >= 4 is 0 Å². The van der Waals surface area contributed by atoms with Crippen LogP contribution in [0.5, 0.6) is 11.5 Å². The van der Waals surface area contributed by atoms with Crippen LogP contribution < -0.4 is 9.47 Å². The normalized spacial score (nSPS) is 20.4. The average molecular weight is 274 g/mol. The van der Waals surface area contributed by atoms with Gasteiger partial charge in [0.05, 0.1) is 7.11 Å². The van der Waals surface area contributed by atoms with E-state index in [1.54, 1.807) is 7.11 Å². The van der Waals surface area contributed by atoms with Gasteiger partial charge in [0.1, 0.15) is 17.6 Å². The van der Waals surface area contributed by atoms with Crippen molar-refractivity contribution in [3.05, 3.63) is 47.9 Å². The summed E-state index contributed by atoms with van der Waals surface area (Å²) in [6.45, 7) is 4.16. The molecule has 4 nitrogen and oxygen atoms in total. The summed E-state index contributed by atoms with van der Waals surface area (Å²) in [4.78, 5) is 0. The molecule has 2 heterocycles. The van der Waals surface area contributed by atoms with Crippen LogP contribution in [-0.2, 0) is 15.9 Å². The second-order valence-corrected chi connectivity index (χ2v) is 4.95. The minimum absolute atomic E-state index is 0.118. The number of allylic oxidation sites excluding steroid dienone is 1. The summed E-state index contributed by atoms with van der Waals surface area (Å²) < 4.78 is 21.7. The van der Waals surface area contributed by atoms with Gasteiger partial charge in [-0.2, -0.15) is 0 Å². The zero-order valence-corrected chi connectivity index (χ0v) is 11.6. The van der Waals surface area contributed by atoms with Crippen LogP contribution in [0.1, 0.15) is 18.4 Å². The van der Waals surface area contributed by atoms with Crippen molar-refractivity contribution in [1.82, 2.24) is 0 Å². The molecular weight excluding hydrogens is 256 g/mol. The zero-order valence-electron chi connectivity index (χ0n) is 11.6. The fraction of sp³-hybridized carbons (Fsp3) is 0.375. The molecule has 1 aromatic carbocycles. The SMILES string of the molecule is C=C1C=C(OC)C[C@@H](CCc2ccc3c(c2)OCO3)O1. The fourth-order valence-corrected chi connectivity index (χ4v) is 2.48. The standard InChI is InChI=1S/C16H18O4/c1-11-7-14(17-2)9-13(20-11)5-3-12-4-6-15-16(8-12)19-10-18-15/h4,6-8,13H,1,3,5,9-10H2,2H3/t13-/m1/s1. The molecule has 0 unspecified atom stereocenters. The Bertz CT molecular complexity index is 547. The third-order valence-corrected chi connectivity index (χ3v) is 3.52. The molecule has 0 spiro atoms. The van der Waals surface area contributed by atoms with Gasteiger partial charge in [-0.1, -0.05) is 12.6 Å². The van der Waals surface area contributed by atoms with E-state index < -0.39 is 0 Å². The van der Waals surface area contributed by atoms with Gasteiger partial charge >= 0.3 is 0 Å². The third kappa shape index (κ3) is 2.74. The second-order valence-electron chi connectivity index (χ2n) is 4.95. The zero-order chi connectivity index (χ0) is 13.9. The number of hydrogen-bond acceptors (Lipinski definition) is 4. The second kappa shape index (κ2) is 5.49. The minimum atomic E-state index is 0.118. The third-order valence-electron chi connectivity index (χ3n) is 3.52. The van der Waals surface area contributed by atoms with Gasteiger partial charge in [0.2, 0.25) is 6.79 Å². The summed E-state index contributed by atoms with van der Waals surface area (Å²) in [5, 5.41) is 0. The Morgan fingerprint density at radius 2 is 2.15 bits per heavy atom. The number of rotatable bonds is 4. The van der Waals surface area contributed by atoms with E-state index in [0.29, 0.717) is 12.6 Å². The van der Waals surface area contributed by atoms with Crippen molar-refractivity contribution in [2.75, 3.05) is 13.9 Å². The van der Waals surface area contributed by atoms with Crippen molar-refractivity contribution in [3.63, 3.8) is 0 Å². The Morgan fingerprint density at radius 1 is 1.30 bits per heavy atom. The number of aryl methyl sites for hydroxylation is 1. The van der Waals surface area contributed by atoms with Gasteiger partial charge < -0.3 is 18.9 Å². The maximum Gasteiger partial charge on any atom is 0.231 e. The number of hydrogen-bond donors (Lipinski definition) is 0. The number of methoxy groups -OCH3 is 1. The minimum Gasteiger partial charge on any atom is -0.501 e. The lowest BCUT2D eigenvalue weighted by Gasteiger charge is -2.24. The Kier molecular flexibility index (Phi) is 3.54. The Labute approximate surface area is 118 Å². The molecule has 0 bridgehead atoms. The number of fused-ring (bicyclic) bond motifs is 1. The maximum absolute atomic E-state index is 5.73. The Hall–Kier alpha value is -2.10. The Balaban J connectivity index is 1.60. The van der Waals surface area contributed by atoms with Crippen molar-refractivity contribution in [2.45, 2.75) is 25.4 Å². The van der Waals surface area contributed by atoms with Gasteiger partial charge in [-0.25, -0.2) is 0 Å². The smallest absolute Gasteiger partial charge is 0.231 e. The molecule has 0 fully saturated rings. The van der Waals surface area contributed by atoms with E-state index in [1.165, 1.54) is 5.56 Å². The molecule has 0 saturated carbocycles. The summed E-state index contributed by atoms with van der Waals surface area (Å²) in [5.41, 5.74) is 1.22. The van der Waals surface area contributed by atoms with Crippen molar-refractivity contribution < 1.29 is 18.9 Å². The van der Waals surface area contributed by atoms with Crippen LogP contribution in [0.4, 0.5) is 0 Å². The van der Waals surface area contributed by atoms with Gasteiger partial charge in [-0.3, -0.25) is 0 Å². The van der Waals surface area contributed by atoms with Gasteiger partial charge in [0.15, 0.2) is 11.5 Å². The van der Waals surface area contributed by atoms with Crippen LogP contribution >= 0.6 is 0 Å². The highest BCUT2D eigenvalue weighted by Crippen LogP contribution is 2.33. The van der Waals surface area contributed by atoms with E-state index >= 15 is 0 Å². The molecule has 2 aliphatic rings. The molecule has 1 aromatic rings. The predicted molar refractivity (Wildman–Crippen MR) is 74.6 cm³/mol. The van der Waals surface area contributed by atoms with Crippen LogP contribution in [0.3, 0.4) is 0 Å². The van der Waals surface area contributed by atoms with Crippen LogP contribution in [0.2, 0.25) is 0 Å². The molecule has 20 heavy (non-hydrogen) atoms. The molecule has 0 aliphatic carbocycles. The first-order chi connectivity index (χ1) is 9.74. The highest BCUT2D eigenvalue weighted by Gasteiger charge is 2.20. The lowest BCUT2D eigenvalue weighted by molar-refractivity contribution is 0.0858. The summed E-state index contributed by atoms with van der Waals surface area (Å²) in [6, 6.07) is 6.06. The number of ether oxygens (including phenoxy) is 4. The molecular formula is C16H18O4. The van der Waals surface area contributed by atoms with Gasteiger partial charge in [0.25, 0.3) is 0 Å². The van der Waals surface area contributed by atoms with E-state index in [2.05, 4.69) is 12.6 Å². The van der Waals surface area contributed by atoms with Gasteiger partial charge in [0, 0.05) is 12.5 Å². The van der Waals surface area contributed by atoms with Crippen LogP contribution in [0.25, 0.3) is 0 Å². The van der Waals surface area contributed by atoms with Crippen LogP contribution in [-0.4, -0.2) is 20.0 Å². The van der Waals surface area contributed by atoms with E-state index in [0.717, 1.165) is 36.5 Å². The summed E-state index contributed by atoms with van der Waals surface area (Å²) in [7, 11) is 1.68. The quantitative estimate of drug-likeness (QED) is 0.845. The largest absolute Gasteiger partial charge is 0.501 e. The van der Waals surface area contributed by atoms with Crippen molar-refractivity contribution in [2.24, 2.45) is 0 Å². The summed E-state index contributed by atoms with van der Waals surface area (Å²) >= 11 is 0. The maximum atomic E-state index is 5.73. The highest BCUT2D eigenvalue weighted by atomic mass is 16.7. The fourth-order valence-electron chi connectivity index (χ4n) is 2.48. The lowest BCUT2D eigenvalue weighted by Crippen LogP contribution is -2.18. The molecule has 0 aromatic heterocycles. The van der Waals surface area contributed by atoms with Crippen LogP contribution in [0.15, 0.2) is 42.4 Å². The molecule has 3 rings (SSSR count). The molecule has 0 radical (unpaired) electrons. The van der Waals surface area contributed by atoms with Gasteiger partial charge in [-0.15, -0.1) is 0 Å². The Morgan fingerprint density at radius 3 is 3.00 bits per heavy atom. The van der Waals surface area contributed by atoms with E-state index in [9.17, 15) is 0 Å². The number of benzene rings is 1. The van der Waals surface area contributed by atoms with Crippen molar-refractivity contribution in [3.8, 4) is 11.5 Å². The molecule has 2 aliphatic heterocycles. The van der Waals surface area contributed by atoms with Crippen molar-refractivity contribution in [1.29, 1.82) is 0 Å². The first-order valence-electron chi connectivity index (χ1n) is 6.73. The van der Waals surface area contributed by atoms with E-state index in [4.69, 9.17) is 18.9 Å². The molecule has 0 N–H and O–H groups in total. The summed E-state index contributed by atoms with van der Waals surface area (Å²) in [5.74, 6) is 3.25. The molecule has 0 saturated heterocycles. The van der Waals surface area contributed by atoms with E-state index in [1.807, 2.05) is 18.2 Å². The first-order valence-corrected chi connectivity index (χ1v) is 6.73. The summed E-state index contributed by atoms with van der Waals surface area (Å²) in [6.07, 6.45) is 4.59. The first kappa shape index (κ1) is 12.9. The van der Waals surface area contributed by atoms with Crippen LogP contribution in [0, 0.1) is 0 Å². The molecule has 0 amide bonds. The molecule has 1 atom stereocenters. The monoisotopic (exact) mass is 274 g/mol. The molecule has 4 heteroatoms. The molecule has 106 valence electrons. The topological polar surface area (TPSA) is 36.9 Å². The van der Waals surface area contributed by atoms with E-state index in [-0.39, 0.29) is 6.10 Å². The average Bonchev–Trinajstić information content (AvgIpc) is 2.92. The van der Waals surface area contributed by atoms with Gasteiger partial charge in [-0.05, 0) is 30.5 Å². The highest BCUT2D eigenvalue weighted by molar-refractivity contribution is 5.44. The predicted octanol–water partition coefficient (Wildman–Crippen LogP) is 3.18. The lowest BCUT2D eigenvalue weighted by atomic mass is 10.0.